The minimum atomic E-state index is 0.449. The van der Waals surface area contributed by atoms with Gasteiger partial charge in [-0.25, -0.2) is 4.98 Å². The highest BCUT2D eigenvalue weighted by atomic mass is 15.2. The third kappa shape index (κ3) is 3.32. The topological polar surface area (TPSA) is 53.6 Å². The van der Waals surface area contributed by atoms with Gasteiger partial charge in [-0.1, -0.05) is 48.5 Å². The van der Waals surface area contributed by atoms with E-state index in [2.05, 4.69) is 75.1 Å². The Balaban J connectivity index is 1.48. The molecule has 23 heavy (non-hydrogen) atoms. The fourth-order valence-electron chi connectivity index (χ4n) is 3.05. The highest BCUT2D eigenvalue weighted by Gasteiger charge is 2.31. The number of hydrogen-bond acceptors (Lipinski definition) is 3. The number of benzene rings is 2. The summed E-state index contributed by atoms with van der Waals surface area (Å²) in [6.45, 7) is 0.859. The van der Waals surface area contributed by atoms with Crippen molar-refractivity contribution in [1.29, 1.82) is 0 Å². The summed E-state index contributed by atoms with van der Waals surface area (Å²) in [4.78, 5) is 4.22. The first-order valence-corrected chi connectivity index (χ1v) is 8.13. The Bertz CT molecular complexity index is 748. The number of nitrogens with one attached hydrogen (secondary N) is 2. The molecule has 1 unspecified atom stereocenters. The van der Waals surface area contributed by atoms with E-state index in [-0.39, 0.29) is 0 Å². The van der Waals surface area contributed by atoms with E-state index in [0.29, 0.717) is 6.04 Å². The van der Waals surface area contributed by atoms with Crippen LogP contribution in [-0.4, -0.2) is 15.2 Å². The average molecular weight is 304 g/mol. The van der Waals surface area contributed by atoms with Crippen molar-refractivity contribution in [2.45, 2.75) is 25.4 Å². The summed E-state index contributed by atoms with van der Waals surface area (Å²) in [6.07, 6.45) is 4.19. The zero-order valence-corrected chi connectivity index (χ0v) is 12.9. The third-order valence-corrected chi connectivity index (χ3v) is 4.39. The Labute approximate surface area is 136 Å². The van der Waals surface area contributed by atoms with Gasteiger partial charge in [0.25, 0.3) is 0 Å². The zero-order chi connectivity index (χ0) is 15.5. The third-order valence-electron chi connectivity index (χ3n) is 4.39. The lowest BCUT2D eigenvalue weighted by Crippen LogP contribution is -2.22. The number of rotatable bonds is 6. The highest BCUT2D eigenvalue weighted by Crippen LogP contribution is 2.41. The molecule has 2 N–H and O–H groups in total. The van der Waals surface area contributed by atoms with Gasteiger partial charge in [-0.3, -0.25) is 5.10 Å². The SMILES string of the molecule is c1ccc(C(NCc2cccc(-c3ncn[nH]3)c2)C2CC2)cc1. The Morgan fingerprint density at radius 2 is 1.96 bits per heavy atom. The van der Waals surface area contributed by atoms with Gasteiger partial charge < -0.3 is 5.32 Å². The van der Waals surface area contributed by atoms with Crippen LogP contribution in [0, 0.1) is 5.92 Å². The van der Waals surface area contributed by atoms with E-state index in [9.17, 15) is 0 Å². The Morgan fingerprint density at radius 1 is 1.09 bits per heavy atom. The lowest BCUT2D eigenvalue weighted by molar-refractivity contribution is 0.480. The van der Waals surface area contributed by atoms with Crippen LogP contribution in [-0.2, 0) is 6.54 Å². The Morgan fingerprint density at radius 3 is 2.70 bits per heavy atom. The van der Waals surface area contributed by atoms with Crippen LogP contribution in [0.1, 0.15) is 30.0 Å². The minimum absolute atomic E-state index is 0.449. The van der Waals surface area contributed by atoms with E-state index >= 15 is 0 Å². The van der Waals surface area contributed by atoms with Crippen molar-refractivity contribution >= 4 is 0 Å². The van der Waals surface area contributed by atoms with Gasteiger partial charge in [0, 0.05) is 18.2 Å². The lowest BCUT2D eigenvalue weighted by Gasteiger charge is -2.19. The van der Waals surface area contributed by atoms with Crippen molar-refractivity contribution < 1.29 is 0 Å². The van der Waals surface area contributed by atoms with Crippen LogP contribution in [0.3, 0.4) is 0 Å². The van der Waals surface area contributed by atoms with Crippen LogP contribution in [0.2, 0.25) is 0 Å². The molecule has 1 aliphatic carbocycles. The monoisotopic (exact) mass is 304 g/mol. The summed E-state index contributed by atoms with van der Waals surface area (Å²) < 4.78 is 0. The van der Waals surface area contributed by atoms with Gasteiger partial charge in [0.15, 0.2) is 5.82 Å². The summed E-state index contributed by atoms with van der Waals surface area (Å²) in [6, 6.07) is 19.7. The standard InChI is InChI=1S/C19H20N4/c1-2-6-15(7-3-1)18(16-9-10-16)20-12-14-5-4-8-17(11-14)19-21-13-22-23-19/h1-8,11,13,16,18,20H,9-10,12H2,(H,21,22,23). The summed E-state index contributed by atoms with van der Waals surface area (Å²) in [5.74, 6) is 1.59. The van der Waals surface area contributed by atoms with Crippen LogP contribution in [0.5, 0.6) is 0 Å². The van der Waals surface area contributed by atoms with Crippen LogP contribution < -0.4 is 5.32 Å². The molecule has 0 amide bonds. The zero-order valence-electron chi connectivity index (χ0n) is 12.9. The first-order chi connectivity index (χ1) is 11.4. The van der Waals surface area contributed by atoms with E-state index in [4.69, 9.17) is 0 Å². The van der Waals surface area contributed by atoms with Crippen molar-refractivity contribution in [2.75, 3.05) is 0 Å². The first kappa shape index (κ1) is 14.2. The summed E-state index contributed by atoms with van der Waals surface area (Å²) in [5.41, 5.74) is 3.73. The van der Waals surface area contributed by atoms with E-state index in [0.717, 1.165) is 23.9 Å². The smallest absolute Gasteiger partial charge is 0.155 e. The number of nitrogens with zero attached hydrogens (tertiary/aromatic N) is 2. The molecule has 1 saturated carbocycles. The molecule has 1 atom stereocenters. The van der Waals surface area contributed by atoms with E-state index < -0.39 is 0 Å². The molecular formula is C19H20N4. The van der Waals surface area contributed by atoms with Gasteiger partial charge >= 0.3 is 0 Å². The van der Waals surface area contributed by atoms with Crippen molar-refractivity contribution in [3.8, 4) is 11.4 Å². The number of H-pyrrole nitrogens is 1. The molecule has 0 saturated heterocycles. The molecule has 3 aromatic rings. The van der Waals surface area contributed by atoms with Crippen molar-refractivity contribution in [3.05, 3.63) is 72.1 Å². The van der Waals surface area contributed by atoms with Crippen molar-refractivity contribution in [3.63, 3.8) is 0 Å². The Hall–Kier alpha value is -2.46. The molecule has 4 nitrogen and oxygen atoms in total. The van der Waals surface area contributed by atoms with Crippen LogP contribution in [0.15, 0.2) is 60.9 Å². The van der Waals surface area contributed by atoms with Crippen molar-refractivity contribution in [2.24, 2.45) is 5.92 Å². The predicted octanol–water partition coefficient (Wildman–Crippen LogP) is 3.71. The summed E-state index contributed by atoms with van der Waals surface area (Å²) in [5, 5.41) is 10.6. The summed E-state index contributed by atoms with van der Waals surface area (Å²) in [7, 11) is 0. The molecule has 0 spiro atoms. The maximum absolute atomic E-state index is 4.22. The number of hydrogen-bond donors (Lipinski definition) is 2. The fraction of sp³-hybridized carbons (Fsp3) is 0.263. The highest BCUT2D eigenvalue weighted by molar-refractivity contribution is 5.55. The van der Waals surface area contributed by atoms with Gasteiger partial charge in [0.1, 0.15) is 6.33 Å². The largest absolute Gasteiger partial charge is 0.306 e. The normalized spacial score (nSPS) is 15.5. The second-order valence-corrected chi connectivity index (χ2v) is 6.14. The van der Waals surface area contributed by atoms with Crippen LogP contribution in [0.25, 0.3) is 11.4 Å². The van der Waals surface area contributed by atoms with Crippen LogP contribution >= 0.6 is 0 Å². The second kappa shape index (κ2) is 6.34. The van der Waals surface area contributed by atoms with Gasteiger partial charge in [0.2, 0.25) is 0 Å². The second-order valence-electron chi connectivity index (χ2n) is 6.14. The molecule has 2 aromatic carbocycles. The predicted molar refractivity (Wildman–Crippen MR) is 90.6 cm³/mol. The van der Waals surface area contributed by atoms with Gasteiger partial charge in [0.05, 0.1) is 0 Å². The first-order valence-electron chi connectivity index (χ1n) is 8.13. The quantitative estimate of drug-likeness (QED) is 0.730. The number of aromatic amines is 1. The molecule has 4 heteroatoms. The molecule has 4 rings (SSSR count). The molecule has 1 aliphatic rings. The minimum Gasteiger partial charge on any atom is -0.306 e. The van der Waals surface area contributed by atoms with E-state index in [1.54, 1.807) is 6.33 Å². The van der Waals surface area contributed by atoms with Crippen molar-refractivity contribution in [1.82, 2.24) is 20.5 Å². The van der Waals surface area contributed by atoms with E-state index in [1.165, 1.54) is 24.0 Å². The molecule has 116 valence electrons. The molecule has 0 radical (unpaired) electrons. The maximum atomic E-state index is 4.22. The molecule has 0 bridgehead atoms. The average Bonchev–Trinajstić information content (AvgIpc) is 3.29. The molecule has 1 fully saturated rings. The molecule has 1 aromatic heterocycles. The fourth-order valence-corrected chi connectivity index (χ4v) is 3.05. The Kier molecular flexibility index (Phi) is 3.90. The van der Waals surface area contributed by atoms with E-state index in [1.807, 2.05) is 0 Å². The molecule has 0 aliphatic heterocycles. The molecule has 1 heterocycles. The molecular weight excluding hydrogens is 284 g/mol. The maximum Gasteiger partial charge on any atom is 0.155 e. The summed E-state index contributed by atoms with van der Waals surface area (Å²) >= 11 is 0. The van der Waals surface area contributed by atoms with Gasteiger partial charge in [-0.15, -0.1) is 0 Å². The van der Waals surface area contributed by atoms with Crippen LogP contribution in [0.4, 0.5) is 0 Å². The number of aromatic nitrogens is 3. The lowest BCUT2D eigenvalue weighted by atomic mass is 10.0. The van der Waals surface area contributed by atoms with Gasteiger partial charge in [-0.05, 0) is 36.0 Å². The van der Waals surface area contributed by atoms with Gasteiger partial charge in [-0.2, -0.15) is 5.10 Å².